The van der Waals surface area contributed by atoms with Crippen LogP contribution in [0.15, 0.2) is 46.9 Å². The van der Waals surface area contributed by atoms with Gasteiger partial charge >= 0.3 is 0 Å². The highest BCUT2D eigenvalue weighted by Gasteiger charge is 2.19. The molecule has 0 N–H and O–H groups in total. The molecule has 0 aliphatic heterocycles. The molecule has 0 radical (unpaired) electrons. The standard InChI is InChI=1S/C18H18BrFO/c1-4-18(2,3)13-7-5-12(6-8-13)17(21)15-11-14(19)9-10-16(15)20/h5-11H,4H2,1-3H3. The Balaban J connectivity index is 2.35. The van der Waals surface area contributed by atoms with Gasteiger partial charge in [0.15, 0.2) is 5.78 Å². The zero-order valence-electron chi connectivity index (χ0n) is 12.4. The van der Waals surface area contributed by atoms with Crippen LogP contribution in [0.2, 0.25) is 0 Å². The third-order valence-electron chi connectivity index (χ3n) is 3.99. The zero-order valence-corrected chi connectivity index (χ0v) is 14.0. The third kappa shape index (κ3) is 3.41. The van der Waals surface area contributed by atoms with Gasteiger partial charge < -0.3 is 0 Å². The fourth-order valence-corrected chi connectivity index (χ4v) is 2.47. The Morgan fingerprint density at radius 3 is 2.33 bits per heavy atom. The normalized spacial score (nSPS) is 11.5. The molecule has 3 heteroatoms. The summed E-state index contributed by atoms with van der Waals surface area (Å²) in [5.74, 6) is -0.796. The van der Waals surface area contributed by atoms with Gasteiger partial charge in [0.05, 0.1) is 5.56 Å². The van der Waals surface area contributed by atoms with Gasteiger partial charge in [0, 0.05) is 10.0 Å². The molecule has 0 atom stereocenters. The average molecular weight is 349 g/mol. The van der Waals surface area contributed by atoms with Crippen molar-refractivity contribution in [1.82, 2.24) is 0 Å². The summed E-state index contributed by atoms with van der Waals surface area (Å²) in [6.07, 6.45) is 1.01. The van der Waals surface area contributed by atoms with Crippen molar-refractivity contribution >= 4 is 21.7 Å². The Kier molecular flexibility index (Phi) is 4.62. The summed E-state index contributed by atoms with van der Waals surface area (Å²) in [7, 11) is 0. The molecule has 0 heterocycles. The van der Waals surface area contributed by atoms with E-state index in [0.717, 1.165) is 6.42 Å². The van der Waals surface area contributed by atoms with Crippen LogP contribution >= 0.6 is 15.9 Å². The van der Waals surface area contributed by atoms with Crippen molar-refractivity contribution in [3.8, 4) is 0 Å². The second-order valence-corrected chi connectivity index (χ2v) is 6.68. The Bertz CT molecular complexity index is 659. The zero-order chi connectivity index (χ0) is 15.6. The van der Waals surface area contributed by atoms with E-state index in [1.165, 1.54) is 17.7 Å². The van der Waals surface area contributed by atoms with E-state index in [2.05, 4.69) is 36.7 Å². The lowest BCUT2D eigenvalue weighted by Crippen LogP contribution is -2.15. The number of ketones is 1. The topological polar surface area (TPSA) is 17.1 Å². The Hall–Kier alpha value is -1.48. The highest BCUT2D eigenvalue weighted by Crippen LogP contribution is 2.27. The molecular formula is C18H18BrFO. The lowest BCUT2D eigenvalue weighted by atomic mass is 9.82. The highest BCUT2D eigenvalue weighted by molar-refractivity contribution is 9.10. The molecule has 2 aromatic carbocycles. The Labute approximate surface area is 133 Å². The maximum atomic E-state index is 13.8. The molecular weight excluding hydrogens is 331 g/mol. The van der Waals surface area contributed by atoms with Gasteiger partial charge in [0.2, 0.25) is 0 Å². The molecule has 0 spiro atoms. The molecule has 0 amide bonds. The summed E-state index contributed by atoms with van der Waals surface area (Å²) >= 11 is 3.27. The second kappa shape index (κ2) is 6.10. The van der Waals surface area contributed by atoms with Crippen molar-refractivity contribution in [2.45, 2.75) is 32.6 Å². The van der Waals surface area contributed by atoms with E-state index in [4.69, 9.17) is 0 Å². The smallest absolute Gasteiger partial charge is 0.196 e. The first kappa shape index (κ1) is 15.9. The molecule has 0 aliphatic carbocycles. The Morgan fingerprint density at radius 2 is 1.76 bits per heavy atom. The van der Waals surface area contributed by atoms with Gasteiger partial charge in [0.1, 0.15) is 5.82 Å². The van der Waals surface area contributed by atoms with Crippen LogP contribution in [0.25, 0.3) is 0 Å². The number of hydrogen-bond donors (Lipinski definition) is 0. The molecule has 0 saturated carbocycles. The number of benzene rings is 2. The summed E-state index contributed by atoms with van der Waals surface area (Å²) in [6, 6.07) is 11.8. The quantitative estimate of drug-likeness (QED) is 0.666. The Morgan fingerprint density at radius 1 is 1.14 bits per heavy atom. The van der Waals surface area contributed by atoms with E-state index in [0.29, 0.717) is 10.0 Å². The fraction of sp³-hybridized carbons (Fsp3) is 0.278. The third-order valence-corrected chi connectivity index (χ3v) is 4.48. The van der Waals surface area contributed by atoms with Crippen LogP contribution in [0.3, 0.4) is 0 Å². The molecule has 1 nitrogen and oxygen atoms in total. The fourth-order valence-electron chi connectivity index (χ4n) is 2.10. The number of hydrogen-bond acceptors (Lipinski definition) is 1. The molecule has 110 valence electrons. The van der Waals surface area contributed by atoms with Gasteiger partial charge in [-0.2, -0.15) is 0 Å². The van der Waals surface area contributed by atoms with Gasteiger partial charge in [0.25, 0.3) is 0 Å². The molecule has 2 aromatic rings. The minimum absolute atomic E-state index is 0.0720. The average Bonchev–Trinajstić information content (AvgIpc) is 2.49. The van der Waals surface area contributed by atoms with Gasteiger partial charge in [-0.1, -0.05) is 61.0 Å². The second-order valence-electron chi connectivity index (χ2n) is 5.77. The number of rotatable bonds is 4. The van der Waals surface area contributed by atoms with Crippen LogP contribution in [0.4, 0.5) is 4.39 Å². The number of carbonyl (C=O) groups is 1. The van der Waals surface area contributed by atoms with Crippen molar-refractivity contribution in [2.75, 3.05) is 0 Å². The summed E-state index contributed by atoms with van der Waals surface area (Å²) in [6.45, 7) is 6.46. The van der Waals surface area contributed by atoms with Crippen molar-refractivity contribution in [1.29, 1.82) is 0 Å². The van der Waals surface area contributed by atoms with Gasteiger partial charge in [-0.3, -0.25) is 4.79 Å². The van der Waals surface area contributed by atoms with Gasteiger partial charge in [-0.25, -0.2) is 4.39 Å². The van der Waals surface area contributed by atoms with Crippen LogP contribution in [0.5, 0.6) is 0 Å². The van der Waals surface area contributed by atoms with E-state index in [1.54, 1.807) is 18.2 Å². The van der Waals surface area contributed by atoms with Crippen molar-refractivity contribution < 1.29 is 9.18 Å². The van der Waals surface area contributed by atoms with E-state index in [1.807, 2.05) is 12.1 Å². The van der Waals surface area contributed by atoms with Crippen molar-refractivity contribution in [3.63, 3.8) is 0 Å². The maximum absolute atomic E-state index is 13.8. The summed E-state index contributed by atoms with van der Waals surface area (Å²) in [5.41, 5.74) is 1.84. The van der Waals surface area contributed by atoms with E-state index in [9.17, 15) is 9.18 Å². The molecule has 0 fully saturated rings. The first-order chi connectivity index (χ1) is 9.85. The highest BCUT2D eigenvalue weighted by atomic mass is 79.9. The van der Waals surface area contributed by atoms with E-state index >= 15 is 0 Å². The van der Waals surface area contributed by atoms with Crippen molar-refractivity contribution in [2.24, 2.45) is 0 Å². The first-order valence-corrected chi connectivity index (χ1v) is 7.75. The monoisotopic (exact) mass is 348 g/mol. The van der Waals surface area contributed by atoms with Gasteiger partial charge in [-0.15, -0.1) is 0 Å². The van der Waals surface area contributed by atoms with Crippen LogP contribution in [-0.4, -0.2) is 5.78 Å². The first-order valence-electron chi connectivity index (χ1n) is 6.95. The molecule has 0 bridgehead atoms. The van der Waals surface area contributed by atoms with Gasteiger partial charge in [-0.05, 0) is 35.6 Å². The summed E-state index contributed by atoms with van der Waals surface area (Å²) in [5, 5.41) is 0. The SMILES string of the molecule is CCC(C)(C)c1ccc(C(=O)c2cc(Br)ccc2F)cc1. The minimum Gasteiger partial charge on any atom is -0.288 e. The van der Waals surface area contributed by atoms with Crippen LogP contribution in [-0.2, 0) is 5.41 Å². The summed E-state index contributed by atoms with van der Waals surface area (Å²) in [4.78, 5) is 12.4. The van der Waals surface area contributed by atoms with E-state index < -0.39 is 5.82 Å². The minimum atomic E-state index is -0.499. The number of halogens is 2. The van der Waals surface area contributed by atoms with E-state index in [-0.39, 0.29) is 16.8 Å². The number of carbonyl (C=O) groups excluding carboxylic acids is 1. The van der Waals surface area contributed by atoms with Crippen molar-refractivity contribution in [3.05, 3.63) is 69.4 Å². The van der Waals surface area contributed by atoms with Crippen LogP contribution in [0.1, 0.15) is 48.7 Å². The molecule has 0 unspecified atom stereocenters. The molecule has 0 aromatic heterocycles. The lowest BCUT2D eigenvalue weighted by molar-refractivity contribution is 0.103. The predicted octanol–water partition coefficient (Wildman–Crippen LogP) is 5.51. The lowest BCUT2D eigenvalue weighted by Gasteiger charge is -2.23. The summed E-state index contributed by atoms with van der Waals surface area (Å²) < 4.78 is 14.5. The molecule has 0 saturated heterocycles. The molecule has 2 rings (SSSR count). The molecule has 0 aliphatic rings. The van der Waals surface area contributed by atoms with Crippen LogP contribution < -0.4 is 0 Å². The molecule has 21 heavy (non-hydrogen) atoms. The largest absolute Gasteiger partial charge is 0.288 e. The maximum Gasteiger partial charge on any atom is 0.196 e. The predicted molar refractivity (Wildman–Crippen MR) is 87.3 cm³/mol. The van der Waals surface area contributed by atoms with Crippen LogP contribution in [0, 0.1) is 5.82 Å².